The molecule has 0 aliphatic rings. The Kier molecular flexibility index (Phi) is 7.05. The molecule has 0 aliphatic carbocycles. The fourth-order valence-corrected chi connectivity index (χ4v) is 4.46. The third-order valence-electron chi connectivity index (χ3n) is 4.34. The Morgan fingerprint density at radius 1 is 1.00 bits per heavy atom. The van der Waals surface area contributed by atoms with Gasteiger partial charge in [-0.2, -0.15) is 0 Å². The summed E-state index contributed by atoms with van der Waals surface area (Å²) in [6, 6.07) is 19.2. The van der Waals surface area contributed by atoms with E-state index in [9.17, 15) is 4.79 Å². The number of carbonyl (C=O) groups excluding carboxylic acids is 1. The molecule has 0 spiro atoms. The van der Waals surface area contributed by atoms with Gasteiger partial charge in [0, 0.05) is 15.6 Å². The van der Waals surface area contributed by atoms with Crippen molar-refractivity contribution in [1.82, 2.24) is 4.98 Å². The number of hydrogen-bond acceptors (Lipinski definition) is 4. The van der Waals surface area contributed by atoms with Crippen LogP contribution >= 0.6 is 35.1 Å². The molecule has 0 bridgehead atoms. The number of anilines is 1. The maximum absolute atomic E-state index is 13.4. The predicted molar refractivity (Wildman–Crippen MR) is 121 cm³/mol. The van der Waals surface area contributed by atoms with E-state index in [1.165, 1.54) is 11.8 Å². The summed E-state index contributed by atoms with van der Waals surface area (Å²) < 4.78 is 0. The summed E-state index contributed by atoms with van der Waals surface area (Å²) in [6.45, 7) is 1.96. The van der Waals surface area contributed by atoms with Gasteiger partial charge in [0.25, 0.3) is 0 Å². The van der Waals surface area contributed by atoms with Crippen molar-refractivity contribution in [1.29, 1.82) is 0 Å². The second-order valence-corrected chi connectivity index (χ2v) is 8.31. The van der Waals surface area contributed by atoms with E-state index in [4.69, 9.17) is 11.6 Å². The minimum atomic E-state index is -0.441. The molecule has 0 radical (unpaired) electrons. The van der Waals surface area contributed by atoms with Gasteiger partial charge in [-0.1, -0.05) is 54.1 Å². The molecule has 28 heavy (non-hydrogen) atoms. The first-order chi connectivity index (χ1) is 13.5. The number of carbonyl (C=O) groups is 1. The third-order valence-corrected chi connectivity index (χ3v) is 6.03. The highest BCUT2D eigenvalue weighted by Crippen LogP contribution is 2.35. The highest BCUT2D eigenvalue weighted by molar-refractivity contribution is 7.99. The predicted octanol–water partition coefficient (Wildman–Crippen LogP) is 6.26. The molecular formula is C22H21ClN2OS2. The number of halogens is 1. The molecule has 0 saturated heterocycles. The maximum Gasteiger partial charge on any atom is 0.236 e. The molecule has 1 atom stereocenters. The Labute approximate surface area is 179 Å². The van der Waals surface area contributed by atoms with E-state index in [1.807, 2.05) is 80.1 Å². The van der Waals surface area contributed by atoms with Crippen LogP contribution in [0.5, 0.6) is 0 Å². The summed E-state index contributed by atoms with van der Waals surface area (Å²) in [5.41, 5.74) is 3.53. The minimum absolute atomic E-state index is 0.0928. The van der Waals surface area contributed by atoms with Crippen LogP contribution in [0.2, 0.25) is 5.02 Å². The molecule has 1 aromatic heterocycles. The first-order valence-corrected chi connectivity index (χ1v) is 11.6. The second-order valence-electron chi connectivity index (χ2n) is 6.23. The van der Waals surface area contributed by atoms with E-state index in [0.29, 0.717) is 5.02 Å². The van der Waals surface area contributed by atoms with Crippen molar-refractivity contribution >= 4 is 46.7 Å². The van der Waals surface area contributed by atoms with Gasteiger partial charge in [0.1, 0.15) is 5.03 Å². The van der Waals surface area contributed by atoms with Gasteiger partial charge < -0.3 is 5.32 Å². The molecule has 144 valence electrons. The number of pyridine rings is 1. The topological polar surface area (TPSA) is 42.0 Å². The smallest absolute Gasteiger partial charge is 0.236 e. The Morgan fingerprint density at radius 3 is 2.25 bits per heavy atom. The van der Waals surface area contributed by atoms with E-state index in [1.54, 1.807) is 11.8 Å². The van der Waals surface area contributed by atoms with Crippen LogP contribution in [-0.2, 0) is 4.79 Å². The summed E-state index contributed by atoms with van der Waals surface area (Å²) >= 11 is 9.18. The molecule has 1 amide bonds. The number of benzene rings is 2. The van der Waals surface area contributed by atoms with Crippen molar-refractivity contribution in [3.63, 3.8) is 0 Å². The molecule has 0 saturated carbocycles. The Bertz CT molecular complexity index is 937. The van der Waals surface area contributed by atoms with Crippen LogP contribution in [0.15, 0.2) is 70.6 Å². The highest BCUT2D eigenvalue weighted by atomic mass is 35.5. The number of nitrogens with one attached hydrogen (secondary N) is 1. The molecular weight excluding hydrogens is 408 g/mol. The average molecular weight is 429 g/mol. The Hall–Kier alpha value is -1.95. The van der Waals surface area contributed by atoms with Crippen LogP contribution in [0.1, 0.15) is 22.7 Å². The zero-order chi connectivity index (χ0) is 20.1. The van der Waals surface area contributed by atoms with E-state index in [0.717, 1.165) is 32.4 Å². The van der Waals surface area contributed by atoms with E-state index < -0.39 is 5.92 Å². The molecule has 0 aliphatic heterocycles. The lowest BCUT2D eigenvalue weighted by Crippen LogP contribution is -2.23. The van der Waals surface area contributed by atoms with Crippen LogP contribution in [0, 0.1) is 6.92 Å². The van der Waals surface area contributed by atoms with Crippen LogP contribution in [0.3, 0.4) is 0 Å². The van der Waals surface area contributed by atoms with Crippen molar-refractivity contribution in [3.05, 3.63) is 82.5 Å². The minimum Gasteiger partial charge on any atom is -0.322 e. The quantitative estimate of drug-likeness (QED) is 0.470. The lowest BCUT2D eigenvalue weighted by atomic mass is 9.90. The zero-order valence-corrected chi connectivity index (χ0v) is 18.3. The lowest BCUT2D eigenvalue weighted by molar-refractivity contribution is -0.116. The zero-order valence-electron chi connectivity index (χ0n) is 15.9. The molecule has 1 N–H and O–H groups in total. The fraction of sp³-hybridized carbons (Fsp3) is 0.182. The van der Waals surface area contributed by atoms with Gasteiger partial charge in [0.2, 0.25) is 5.91 Å². The molecule has 1 unspecified atom stereocenters. The molecule has 2 aromatic carbocycles. The van der Waals surface area contributed by atoms with Crippen molar-refractivity contribution in [2.45, 2.75) is 22.8 Å². The number of hydrogen-bond donors (Lipinski definition) is 1. The van der Waals surface area contributed by atoms with Crippen LogP contribution in [0.25, 0.3) is 0 Å². The van der Waals surface area contributed by atoms with Gasteiger partial charge in [0.05, 0.1) is 11.6 Å². The summed E-state index contributed by atoms with van der Waals surface area (Å²) in [6.07, 6.45) is 3.97. The number of aryl methyl sites for hydroxylation is 1. The molecule has 1 heterocycles. The Morgan fingerprint density at radius 2 is 1.64 bits per heavy atom. The number of rotatable bonds is 6. The number of aromatic nitrogens is 1. The van der Waals surface area contributed by atoms with Crippen molar-refractivity contribution in [3.8, 4) is 0 Å². The third kappa shape index (κ3) is 4.72. The van der Waals surface area contributed by atoms with E-state index in [2.05, 4.69) is 10.3 Å². The summed E-state index contributed by atoms with van der Waals surface area (Å²) in [5.74, 6) is -0.533. The maximum atomic E-state index is 13.4. The van der Waals surface area contributed by atoms with Crippen molar-refractivity contribution in [2.75, 3.05) is 17.8 Å². The number of amides is 1. The van der Waals surface area contributed by atoms with E-state index in [-0.39, 0.29) is 5.91 Å². The van der Waals surface area contributed by atoms with Gasteiger partial charge in [-0.05, 0) is 48.8 Å². The SMILES string of the molecule is CSc1cc(C)nc(SC)c1NC(=O)C(c1ccccc1)c1ccc(Cl)cc1. The molecule has 3 aromatic rings. The van der Waals surface area contributed by atoms with Gasteiger partial charge >= 0.3 is 0 Å². The molecule has 0 fully saturated rings. The first-order valence-electron chi connectivity index (χ1n) is 8.74. The van der Waals surface area contributed by atoms with Crippen LogP contribution in [-0.4, -0.2) is 23.4 Å². The van der Waals surface area contributed by atoms with Gasteiger partial charge in [-0.15, -0.1) is 23.5 Å². The monoisotopic (exact) mass is 428 g/mol. The average Bonchev–Trinajstić information content (AvgIpc) is 2.71. The summed E-state index contributed by atoms with van der Waals surface area (Å²) in [5, 5.41) is 4.61. The second kappa shape index (κ2) is 9.50. The molecule has 3 nitrogen and oxygen atoms in total. The largest absolute Gasteiger partial charge is 0.322 e. The lowest BCUT2D eigenvalue weighted by Gasteiger charge is -2.20. The Balaban J connectivity index is 2.03. The molecule has 3 rings (SSSR count). The highest BCUT2D eigenvalue weighted by Gasteiger charge is 2.25. The molecule has 6 heteroatoms. The van der Waals surface area contributed by atoms with Crippen LogP contribution < -0.4 is 5.32 Å². The standard InChI is InChI=1S/C22H21ClN2OS2/c1-14-13-18(27-2)20(22(24-14)28-3)25-21(26)19(15-7-5-4-6-8-15)16-9-11-17(23)12-10-16/h4-13,19H,1-3H3,(H,25,26). The number of thioether (sulfide) groups is 2. The first kappa shape index (κ1) is 20.8. The summed E-state index contributed by atoms with van der Waals surface area (Å²) in [4.78, 5) is 19.0. The van der Waals surface area contributed by atoms with E-state index >= 15 is 0 Å². The van der Waals surface area contributed by atoms with Gasteiger partial charge in [-0.25, -0.2) is 4.98 Å². The number of nitrogens with zero attached hydrogens (tertiary/aromatic N) is 1. The fourth-order valence-electron chi connectivity index (χ4n) is 3.03. The van der Waals surface area contributed by atoms with Gasteiger partial charge in [-0.3, -0.25) is 4.79 Å². The summed E-state index contributed by atoms with van der Waals surface area (Å²) in [7, 11) is 0. The van der Waals surface area contributed by atoms with Crippen molar-refractivity contribution < 1.29 is 4.79 Å². The van der Waals surface area contributed by atoms with Crippen LogP contribution in [0.4, 0.5) is 5.69 Å². The normalized spacial score (nSPS) is 11.9. The van der Waals surface area contributed by atoms with Crippen molar-refractivity contribution in [2.24, 2.45) is 0 Å². The van der Waals surface area contributed by atoms with Gasteiger partial charge in [0.15, 0.2) is 0 Å².